The minimum atomic E-state index is 0.691. The van der Waals surface area contributed by atoms with Crippen LogP contribution in [0.25, 0.3) is 0 Å². The van der Waals surface area contributed by atoms with Crippen LogP contribution in [0.15, 0.2) is 17.3 Å². The molecular formula is C5H7N2. The van der Waals surface area contributed by atoms with Crippen LogP contribution in [0.5, 0.6) is 0 Å². The summed E-state index contributed by atoms with van der Waals surface area (Å²) in [6.07, 6.45) is 5.51. The standard InChI is InChI=1S/C5H7N2/c1-7-4-2-3-6-5-7/h2-4H,1,5H2. The van der Waals surface area contributed by atoms with E-state index in [4.69, 9.17) is 0 Å². The van der Waals surface area contributed by atoms with Crippen molar-refractivity contribution in [3.63, 3.8) is 0 Å². The first-order valence-electron chi connectivity index (χ1n) is 2.13. The predicted molar refractivity (Wildman–Crippen MR) is 29.7 cm³/mol. The van der Waals surface area contributed by atoms with E-state index in [9.17, 15) is 0 Å². The molecule has 0 aromatic rings. The maximum Gasteiger partial charge on any atom is 0.109 e. The highest BCUT2D eigenvalue weighted by Gasteiger charge is 1.87. The van der Waals surface area contributed by atoms with Crippen LogP contribution in [0.2, 0.25) is 0 Å². The van der Waals surface area contributed by atoms with Crippen molar-refractivity contribution >= 4 is 6.21 Å². The van der Waals surface area contributed by atoms with Gasteiger partial charge in [0.2, 0.25) is 0 Å². The fourth-order valence-corrected chi connectivity index (χ4v) is 0.420. The van der Waals surface area contributed by atoms with E-state index in [1.54, 1.807) is 11.1 Å². The molecule has 0 aromatic carbocycles. The Hall–Kier alpha value is -0.790. The van der Waals surface area contributed by atoms with E-state index in [0.29, 0.717) is 6.67 Å². The Morgan fingerprint density at radius 2 is 2.57 bits per heavy atom. The third-order valence-electron chi connectivity index (χ3n) is 0.752. The van der Waals surface area contributed by atoms with Crippen LogP contribution >= 0.6 is 0 Å². The molecule has 1 heterocycles. The molecule has 0 fully saturated rings. The summed E-state index contributed by atoms with van der Waals surface area (Å²) in [6, 6.07) is 0. The van der Waals surface area contributed by atoms with Crippen LogP contribution in [0.4, 0.5) is 0 Å². The summed E-state index contributed by atoms with van der Waals surface area (Å²) in [7, 11) is 3.63. The molecular weight excluding hydrogens is 88.1 g/mol. The summed E-state index contributed by atoms with van der Waals surface area (Å²) in [4.78, 5) is 5.67. The van der Waals surface area contributed by atoms with Gasteiger partial charge in [-0.3, -0.25) is 4.99 Å². The average Bonchev–Trinajstić information content (AvgIpc) is 1.69. The van der Waals surface area contributed by atoms with E-state index in [-0.39, 0.29) is 0 Å². The van der Waals surface area contributed by atoms with E-state index in [1.165, 1.54) is 0 Å². The van der Waals surface area contributed by atoms with Crippen LogP contribution in [0, 0.1) is 7.05 Å². The second-order valence-electron chi connectivity index (χ2n) is 1.40. The van der Waals surface area contributed by atoms with Crippen LogP contribution in [-0.2, 0) is 0 Å². The van der Waals surface area contributed by atoms with E-state index in [1.807, 2.05) is 12.3 Å². The topological polar surface area (TPSA) is 15.6 Å². The fraction of sp³-hybridized carbons (Fsp3) is 0.200. The quantitative estimate of drug-likeness (QED) is 0.431. The Labute approximate surface area is 43.2 Å². The van der Waals surface area contributed by atoms with E-state index < -0.39 is 0 Å². The Morgan fingerprint density at radius 1 is 1.71 bits per heavy atom. The van der Waals surface area contributed by atoms with Gasteiger partial charge in [-0.25, -0.2) is 0 Å². The number of nitrogens with zero attached hydrogens (tertiary/aromatic N) is 2. The summed E-state index contributed by atoms with van der Waals surface area (Å²) in [5, 5.41) is 0. The SMILES string of the molecule is [CH2]N1C=CC=NC1. The highest BCUT2D eigenvalue weighted by molar-refractivity contribution is 5.71. The van der Waals surface area contributed by atoms with E-state index in [0.717, 1.165) is 0 Å². The normalized spacial score (nSPS) is 18.1. The van der Waals surface area contributed by atoms with Crippen molar-refractivity contribution in [2.24, 2.45) is 4.99 Å². The zero-order chi connectivity index (χ0) is 5.11. The fourth-order valence-electron chi connectivity index (χ4n) is 0.420. The maximum atomic E-state index is 3.91. The molecule has 1 rings (SSSR count). The van der Waals surface area contributed by atoms with Crippen molar-refractivity contribution in [2.45, 2.75) is 0 Å². The van der Waals surface area contributed by atoms with Gasteiger partial charge in [0, 0.05) is 19.5 Å². The lowest BCUT2D eigenvalue weighted by molar-refractivity contribution is 0.515. The number of hydrogen-bond donors (Lipinski definition) is 0. The minimum absolute atomic E-state index is 0.691. The van der Waals surface area contributed by atoms with Crippen LogP contribution < -0.4 is 0 Å². The molecule has 0 aromatic heterocycles. The summed E-state index contributed by atoms with van der Waals surface area (Å²) < 4.78 is 0. The van der Waals surface area contributed by atoms with E-state index in [2.05, 4.69) is 12.0 Å². The van der Waals surface area contributed by atoms with Gasteiger partial charge in [-0.05, 0) is 6.08 Å². The van der Waals surface area contributed by atoms with Crippen molar-refractivity contribution in [3.8, 4) is 0 Å². The van der Waals surface area contributed by atoms with Crippen LogP contribution in [0.1, 0.15) is 0 Å². The zero-order valence-corrected chi connectivity index (χ0v) is 4.04. The highest BCUT2D eigenvalue weighted by Crippen LogP contribution is 1.89. The molecule has 0 aliphatic carbocycles. The first kappa shape index (κ1) is 4.37. The Morgan fingerprint density at radius 3 is 2.86 bits per heavy atom. The second-order valence-corrected chi connectivity index (χ2v) is 1.40. The summed E-state index contributed by atoms with van der Waals surface area (Å²) >= 11 is 0. The number of hydrogen-bond acceptors (Lipinski definition) is 2. The van der Waals surface area contributed by atoms with Crippen molar-refractivity contribution in [1.29, 1.82) is 0 Å². The molecule has 1 aliphatic heterocycles. The summed E-state index contributed by atoms with van der Waals surface area (Å²) in [5.74, 6) is 0. The van der Waals surface area contributed by atoms with Gasteiger partial charge in [-0.1, -0.05) is 0 Å². The molecule has 0 saturated carbocycles. The van der Waals surface area contributed by atoms with Gasteiger partial charge < -0.3 is 4.90 Å². The molecule has 0 saturated heterocycles. The summed E-state index contributed by atoms with van der Waals surface area (Å²) in [6.45, 7) is 0.691. The van der Waals surface area contributed by atoms with Crippen LogP contribution in [0.3, 0.4) is 0 Å². The van der Waals surface area contributed by atoms with Crippen molar-refractivity contribution in [3.05, 3.63) is 19.3 Å². The molecule has 1 aliphatic rings. The van der Waals surface area contributed by atoms with Crippen LogP contribution in [-0.4, -0.2) is 17.8 Å². The predicted octanol–water partition coefficient (Wildman–Crippen LogP) is 0.636. The largest absolute Gasteiger partial charge is 0.357 e. The third kappa shape index (κ3) is 1.03. The minimum Gasteiger partial charge on any atom is -0.357 e. The second kappa shape index (κ2) is 1.78. The Balaban J connectivity index is 2.49. The lowest BCUT2D eigenvalue weighted by atomic mass is 10.6. The lowest BCUT2D eigenvalue weighted by Gasteiger charge is -2.10. The van der Waals surface area contributed by atoms with Gasteiger partial charge in [0.05, 0.1) is 0 Å². The Bertz CT molecular complexity index is 105. The molecule has 0 unspecified atom stereocenters. The van der Waals surface area contributed by atoms with Crippen molar-refractivity contribution in [2.75, 3.05) is 6.67 Å². The molecule has 7 heavy (non-hydrogen) atoms. The highest BCUT2D eigenvalue weighted by atomic mass is 15.2. The average molecular weight is 95.1 g/mol. The number of aliphatic imine (C=N–C) groups is 1. The first-order valence-corrected chi connectivity index (χ1v) is 2.13. The maximum absolute atomic E-state index is 3.91. The summed E-state index contributed by atoms with van der Waals surface area (Å²) in [5.41, 5.74) is 0. The third-order valence-corrected chi connectivity index (χ3v) is 0.752. The smallest absolute Gasteiger partial charge is 0.109 e. The first-order chi connectivity index (χ1) is 3.39. The molecule has 2 heteroatoms. The molecule has 0 amide bonds. The van der Waals surface area contributed by atoms with Gasteiger partial charge in [-0.2, -0.15) is 0 Å². The van der Waals surface area contributed by atoms with Gasteiger partial charge in [0.1, 0.15) is 6.67 Å². The molecule has 0 spiro atoms. The monoisotopic (exact) mass is 95.1 g/mol. The molecule has 1 radical (unpaired) electrons. The molecule has 0 N–H and O–H groups in total. The lowest BCUT2D eigenvalue weighted by Crippen LogP contribution is -2.09. The molecule has 0 bridgehead atoms. The molecule has 2 nitrogen and oxygen atoms in total. The molecule has 37 valence electrons. The zero-order valence-electron chi connectivity index (χ0n) is 4.04. The van der Waals surface area contributed by atoms with Gasteiger partial charge in [-0.15, -0.1) is 0 Å². The molecule has 0 atom stereocenters. The van der Waals surface area contributed by atoms with Gasteiger partial charge in [0.15, 0.2) is 0 Å². The van der Waals surface area contributed by atoms with Crippen molar-refractivity contribution < 1.29 is 0 Å². The number of rotatable bonds is 0. The van der Waals surface area contributed by atoms with Gasteiger partial charge in [0.25, 0.3) is 0 Å². The number of allylic oxidation sites excluding steroid dienone is 1. The van der Waals surface area contributed by atoms with E-state index >= 15 is 0 Å². The van der Waals surface area contributed by atoms with Crippen molar-refractivity contribution in [1.82, 2.24) is 4.90 Å². The van der Waals surface area contributed by atoms with Gasteiger partial charge >= 0.3 is 0 Å². The Kier molecular flexibility index (Phi) is 1.11.